The topological polar surface area (TPSA) is 71.0 Å². The molecule has 0 bridgehead atoms. The van der Waals surface area contributed by atoms with Crippen LogP contribution in [0.15, 0.2) is 0 Å². The second-order valence-corrected chi connectivity index (χ2v) is 5.15. The van der Waals surface area contributed by atoms with Gasteiger partial charge in [-0.2, -0.15) is 0 Å². The van der Waals surface area contributed by atoms with Crippen molar-refractivity contribution in [3.63, 3.8) is 0 Å². The Labute approximate surface area is 116 Å². The Hall–Kier alpha value is -0.200. The van der Waals surface area contributed by atoms with Gasteiger partial charge in [0.05, 0.1) is 32.0 Å². The lowest BCUT2D eigenvalue weighted by molar-refractivity contribution is 0.00357. The van der Waals surface area contributed by atoms with Crippen molar-refractivity contribution < 1.29 is 19.7 Å². The average Bonchev–Trinajstić information content (AvgIpc) is 2.61. The highest BCUT2D eigenvalue weighted by atomic mass is 16.5. The van der Waals surface area contributed by atoms with E-state index in [1.54, 1.807) is 0 Å². The lowest BCUT2D eigenvalue weighted by Crippen LogP contribution is -2.43. The molecule has 0 aromatic rings. The smallest absolute Gasteiger partial charge is 0.0897 e. The monoisotopic (exact) mass is 275 g/mol. The predicted octanol–water partition coefficient (Wildman–Crippen LogP) is 0.684. The van der Waals surface area contributed by atoms with Gasteiger partial charge in [0, 0.05) is 19.2 Å². The third-order valence-corrected chi connectivity index (χ3v) is 3.48. The number of hydrogen-bond donors (Lipinski definition) is 3. The normalized spacial score (nSPS) is 26.1. The van der Waals surface area contributed by atoms with Gasteiger partial charge in [-0.15, -0.1) is 0 Å². The molecule has 1 saturated carbocycles. The van der Waals surface area contributed by atoms with Gasteiger partial charge in [-0.1, -0.05) is 19.3 Å². The molecule has 3 N–H and O–H groups in total. The van der Waals surface area contributed by atoms with Crippen molar-refractivity contribution in [3.05, 3.63) is 0 Å². The maximum Gasteiger partial charge on any atom is 0.0897 e. The van der Waals surface area contributed by atoms with Crippen LogP contribution in [0.4, 0.5) is 0 Å². The maximum atomic E-state index is 9.94. The fourth-order valence-corrected chi connectivity index (χ4v) is 2.35. The standard InChI is InChI=1S/C14H29NO4/c1-2-18-8-9-19-11-12(16)10-15-13-6-4-3-5-7-14(13)17/h12-17H,2-11H2,1H3. The molecule has 5 nitrogen and oxygen atoms in total. The Morgan fingerprint density at radius 1 is 1.16 bits per heavy atom. The van der Waals surface area contributed by atoms with Gasteiger partial charge in [0.15, 0.2) is 0 Å². The zero-order valence-corrected chi connectivity index (χ0v) is 12.0. The Morgan fingerprint density at radius 2 is 1.89 bits per heavy atom. The van der Waals surface area contributed by atoms with Gasteiger partial charge in [0.1, 0.15) is 0 Å². The van der Waals surface area contributed by atoms with Crippen LogP contribution < -0.4 is 5.32 Å². The Balaban J connectivity index is 2.06. The van der Waals surface area contributed by atoms with Crippen LogP contribution in [0, 0.1) is 0 Å². The molecular weight excluding hydrogens is 246 g/mol. The van der Waals surface area contributed by atoms with E-state index >= 15 is 0 Å². The Kier molecular flexibility index (Phi) is 9.38. The van der Waals surface area contributed by atoms with Crippen LogP contribution in [-0.2, 0) is 9.47 Å². The summed E-state index contributed by atoms with van der Waals surface area (Å²) in [7, 11) is 0. The van der Waals surface area contributed by atoms with Gasteiger partial charge in [-0.05, 0) is 19.8 Å². The third kappa shape index (κ3) is 7.84. The third-order valence-electron chi connectivity index (χ3n) is 3.48. The molecular formula is C14H29NO4. The summed E-state index contributed by atoms with van der Waals surface area (Å²) in [6.07, 6.45) is 4.47. The van der Waals surface area contributed by atoms with Crippen LogP contribution in [-0.4, -0.2) is 61.4 Å². The molecule has 3 atom stereocenters. The number of ether oxygens (including phenoxy) is 2. The molecule has 0 heterocycles. The highest BCUT2D eigenvalue weighted by molar-refractivity contribution is 4.79. The highest BCUT2D eigenvalue weighted by Crippen LogP contribution is 2.17. The zero-order valence-electron chi connectivity index (χ0n) is 12.0. The maximum absolute atomic E-state index is 9.94. The van der Waals surface area contributed by atoms with E-state index in [2.05, 4.69) is 5.32 Å². The summed E-state index contributed by atoms with van der Waals surface area (Å²) < 4.78 is 10.5. The van der Waals surface area contributed by atoms with Gasteiger partial charge in [0.25, 0.3) is 0 Å². The minimum atomic E-state index is -0.530. The van der Waals surface area contributed by atoms with Crippen LogP contribution in [0.2, 0.25) is 0 Å². The van der Waals surface area contributed by atoms with Crippen molar-refractivity contribution in [2.45, 2.75) is 57.3 Å². The van der Waals surface area contributed by atoms with E-state index in [0.717, 1.165) is 25.7 Å². The van der Waals surface area contributed by atoms with Crippen molar-refractivity contribution in [1.82, 2.24) is 5.32 Å². The number of hydrogen-bond acceptors (Lipinski definition) is 5. The zero-order chi connectivity index (χ0) is 13.9. The predicted molar refractivity (Wildman–Crippen MR) is 74.2 cm³/mol. The van der Waals surface area contributed by atoms with Gasteiger partial charge >= 0.3 is 0 Å². The largest absolute Gasteiger partial charge is 0.392 e. The van der Waals surface area contributed by atoms with E-state index in [9.17, 15) is 10.2 Å². The van der Waals surface area contributed by atoms with Crippen LogP contribution in [0.1, 0.15) is 39.0 Å². The number of aliphatic hydroxyl groups excluding tert-OH is 2. The van der Waals surface area contributed by atoms with Crippen LogP contribution in [0.3, 0.4) is 0 Å². The van der Waals surface area contributed by atoms with E-state index in [4.69, 9.17) is 9.47 Å². The molecule has 1 fully saturated rings. The Morgan fingerprint density at radius 3 is 2.68 bits per heavy atom. The van der Waals surface area contributed by atoms with Crippen molar-refractivity contribution in [2.75, 3.05) is 33.0 Å². The fourth-order valence-electron chi connectivity index (χ4n) is 2.35. The van der Waals surface area contributed by atoms with Gasteiger partial charge in [-0.3, -0.25) is 0 Å². The van der Waals surface area contributed by atoms with Gasteiger partial charge in [-0.25, -0.2) is 0 Å². The lowest BCUT2D eigenvalue weighted by atomic mass is 10.1. The molecule has 1 aliphatic carbocycles. The van der Waals surface area contributed by atoms with Crippen molar-refractivity contribution in [2.24, 2.45) is 0 Å². The summed E-state index contributed by atoms with van der Waals surface area (Å²) in [4.78, 5) is 0. The van der Waals surface area contributed by atoms with E-state index in [1.165, 1.54) is 6.42 Å². The number of aliphatic hydroxyl groups is 2. The van der Waals surface area contributed by atoms with Crippen LogP contribution >= 0.6 is 0 Å². The first-order valence-corrected chi connectivity index (χ1v) is 7.49. The average molecular weight is 275 g/mol. The first-order valence-electron chi connectivity index (χ1n) is 7.49. The Bertz CT molecular complexity index is 216. The first kappa shape index (κ1) is 16.9. The molecule has 0 aliphatic heterocycles. The van der Waals surface area contributed by atoms with Gasteiger partial charge in [0.2, 0.25) is 0 Å². The van der Waals surface area contributed by atoms with Gasteiger partial charge < -0.3 is 25.0 Å². The second kappa shape index (κ2) is 10.6. The summed E-state index contributed by atoms with van der Waals surface area (Å²) in [5, 5.41) is 23.0. The summed E-state index contributed by atoms with van der Waals surface area (Å²) >= 11 is 0. The first-order chi connectivity index (χ1) is 9.24. The molecule has 0 amide bonds. The minimum absolute atomic E-state index is 0.112. The summed E-state index contributed by atoms with van der Waals surface area (Å²) in [6.45, 7) is 4.48. The summed E-state index contributed by atoms with van der Waals surface area (Å²) in [5.74, 6) is 0. The van der Waals surface area contributed by atoms with E-state index in [1.807, 2.05) is 6.92 Å². The molecule has 0 radical (unpaired) electrons. The van der Waals surface area contributed by atoms with E-state index in [0.29, 0.717) is 33.0 Å². The summed E-state index contributed by atoms with van der Waals surface area (Å²) in [6, 6.07) is 0.112. The van der Waals surface area contributed by atoms with Crippen LogP contribution in [0.5, 0.6) is 0 Å². The SMILES string of the molecule is CCOCCOCC(O)CNC1CCCCCC1O. The molecule has 1 rings (SSSR count). The molecule has 0 aromatic heterocycles. The molecule has 19 heavy (non-hydrogen) atoms. The molecule has 0 aromatic carbocycles. The highest BCUT2D eigenvalue weighted by Gasteiger charge is 2.21. The van der Waals surface area contributed by atoms with E-state index in [-0.39, 0.29) is 12.1 Å². The molecule has 1 aliphatic rings. The van der Waals surface area contributed by atoms with Crippen molar-refractivity contribution >= 4 is 0 Å². The molecule has 0 saturated heterocycles. The van der Waals surface area contributed by atoms with Crippen LogP contribution in [0.25, 0.3) is 0 Å². The molecule has 5 heteroatoms. The quantitative estimate of drug-likeness (QED) is 0.426. The second-order valence-electron chi connectivity index (χ2n) is 5.15. The summed E-state index contributed by atoms with van der Waals surface area (Å²) in [5.41, 5.74) is 0. The molecule has 3 unspecified atom stereocenters. The fraction of sp³-hybridized carbons (Fsp3) is 1.00. The van der Waals surface area contributed by atoms with Crippen molar-refractivity contribution in [3.8, 4) is 0 Å². The molecule has 114 valence electrons. The minimum Gasteiger partial charge on any atom is -0.392 e. The van der Waals surface area contributed by atoms with E-state index < -0.39 is 6.10 Å². The number of rotatable bonds is 9. The molecule has 0 spiro atoms. The van der Waals surface area contributed by atoms with Crippen molar-refractivity contribution in [1.29, 1.82) is 0 Å². The number of nitrogens with one attached hydrogen (secondary N) is 1. The lowest BCUT2D eigenvalue weighted by Gasteiger charge is -2.23.